The van der Waals surface area contributed by atoms with Gasteiger partial charge >= 0.3 is 0 Å². The number of hydrogen-bond donors (Lipinski definition) is 3. The number of anilines is 4. The van der Waals surface area contributed by atoms with E-state index < -0.39 is 4.92 Å². The van der Waals surface area contributed by atoms with Gasteiger partial charge in [0.2, 0.25) is 0 Å². The van der Waals surface area contributed by atoms with Crippen molar-refractivity contribution >= 4 is 40.0 Å². The van der Waals surface area contributed by atoms with Crippen LogP contribution in [0.25, 0.3) is 0 Å². The summed E-state index contributed by atoms with van der Waals surface area (Å²) in [7, 11) is 0. The highest BCUT2D eigenvalue weighted by molar-refractivity contribution is 6.33. The first-order chi connectivity index (χ1) is 8.97. The van der Waals surface area contributed by atoms with Gasteiger partial charge < -0.3 is 16.8 Å². The van der Waals surface area contributed by atoms with E-state index in [9.17, 15) is 10.1 Å². The molecule has 0 bridgehead atoms. The van der Waals surface area contributed by atoms with Gasteiger partial charge in [0.05, 0.1) is 15.6 Å². The average molecular weight is 279 g/mol. The second-order valence-electron chi connectivity index (χ2n) is 3.89. The van der Waals surface area contributed by atoms with Crippen LogP contribution in [0, 0.1) is 10.1 Å². The summed E-state index contributed by atoms with van der Waals surface area (Å²) in [4.78, 5) is 10.1. The van der Waals surface area contributed by atoms with Gasteiger partial charge in [-0.3, -0.25) is 10.1 Å². The summed E-state index contributed by atoms with van der Waals surface area (Å²) in [6.45, 7) is 0. The number of nitrogens with two attached hydrogens (primary N) is 2. The second-order valence-corrected chi connectivity index (χ2v) is 4.30. The van der Waals surface area contributed by atoms with Crippen molar-refractivity contribution in [1.82, 2.24) is 0 Å². The number of nitrogen functional groups attached to an aromatic ring is 2. The molecule has 0 atom stereocenters. The number of rotatable bonds is 3. The second kappa shape index (κ2) is 5.03. The molecule has 5 N–H and O–H groups in total. The molecule has 0 unspecified atom stereocenters. The highest BCUT2D eigenvalue weighted by atomic mass is 35.5. The van der Waals surface area contributed by atoms with Crippen molar-refractivity contribution in [1.29, 1.82) is 0 Å². The molecule has 0 saturated carbocycles. The van der Waals surface area contributed by atoms with E-state index in [0.717, 1.165) is 0 Å². The Kier molecular flexibility index (Phi) is 3.43. The quantitative estimate of drug-likeness (QED) is 0.454. The fourth-order valence-corrected chi connectivity index (χ4v) is 1.76. The lowest BCUT2D eigenvalue weighted by atomic mass is 10.2. The number of benzene rings is 2. The van der Waals surface area contributed by atoms with Crippen molar-refractivity contribution < 1.29 is 4.92 Å². The topological polar surface area (TPSA) is 107 Å². The Labute approximate surface area is 114 Å². The third-order valence-electron chi connectivity index (χ3n) is 2.49. The molecule has 0 aliphatic carbocycles. The Balaban J connectivity index is 2.31. The van der Waals surface area contributed by atoms with E-state index in [1.807, 2.05) is 0 Å². The van der Waals surface area contributed by atoms with E-state index in [1.165, 1.54) is 12.1 Å². The molecule has 0 aromatic heterocycles. The molecule has 0 aliphatic rings. The first-order valence-electron chi connectivity index (χ1n) is 5.33. The Bertz CT molecular complexity index is 646. The Hall–Kier alpha value is -2.47. The molecule has 98 valence electrons. The van der Waals surface area contributed by atoms with Gasteiger partial charge in [-0.2, -0.15) is 0 Å². The fourth-order valence-electron chi connectivity index (χ4n) is 1.59. The summed E-state index contributed by atoms with van der Waals surface area (Å²) in [5, 5.41) is 14.2. The minimum absolute atomic E-state index is 0.0787. The van der Waals surface area contributed by atoms with Crippen LogP contribution in [0.2, 0.25) is 5.02 Å². The molecule has 2 aromatic carbocycles. The summed E-state index contributed by atoms with van der Waals surface area (Å²) >= 11 is 6.01. The maximum atomic E-state index is 10.7. The van der Waals surface area contributed by atoms with Crippen molar-refractivity contribution in [3.05, 3.63) is 51.5 Å². The van der Waals surface area contributed by atoms with Crippen LogP contribution in [0.4, 0.5) is 28.4 Å². The van der Waals surface area contributed by atoms with Crippen LogP contribution in [0.5, 0.6) is 0 Å². The largest absolute Gasteiger partial charge is 0.399 e. The summed E-state index contributed by atoms with van der Waals surface area (Å²) in [6.07, 6.45) is 0. The van der Waals surface area contributed by atoms with Gasteiger partial charge in [-0.1, -0.05) is 11.6 Å². The van der Waals surface area contributed by atoms with Gasteiger partial charge in [-0.15, -0.1) is 0 Å². The zero-order valence-corrected chi connectivity index (χ0v) is 10.5. The highest BCUT2D eigenvalue weighted by Gasteiger charge is 2.11. The maximum absolute atomic E-state index is 10.7. The van der Waals surface area contributed by atoms with Crippen LogP contribution >= 0.6 is 11.6 Å². The average Bonchev–Trinajstić information content (AvgIpc) is 2.33. The number of nitro groups is 1. The number of hydrogen-bond acceptors (Lipinski definition) is 5. The minimum Gasteiger partial charge on any atom is -0.399 e. The van der Waals surface area contributed by atoms with Crippen molar-refractivity contribution in [3.63, 3.8) is 0 Å². The predicted octanol–water partition coefficient (Wildman–Crippen LogP) is 3.16. The molecule has 2 aromatic rings. The lowest BCUT2D eigenvalue weighted by Crippen LogP contribution is -1.98. The monoisotopic (exact) mass is 278 g/mol. The van der Waals surface area contributed by atoms with Crippen LogP contribution in [-0.2, 0) is 0 Å². The summed E-state index contributed by atoms with van der Waals surface area (Å²) in [5.41, 5.74) is 13.0. The fraction of sp³-hybridized carbons (Fsp3) is 0. The number of nitrogens with one attached hydrogen (secondary N) is 1. The molecule has 0 heterocycles. The van der Waals surface area contributed by atoms with Gasteiger partial charge in [0.1, 0.15) is 5.69 Å². The van der Waals surface area contributed by atoms with E-state index in [-0.39, 0.29) is 11.4 Å². The predicted molar refractivity (Wildman–Crippen MR) is 76.7 cm³/mol. The Morgan fingerprint density at radius 3 is 2.53 bits per heavy atom. The van der Waals surface area contributed by atoms with Gasteiger partial charge in [-0.25, -0.2) is 0 Å². The number of halogens is 1. The third kappa shape index (κ3) is 2.86. The lowest BCUT2D eigenvalue weighted by Gasteiger charge is -2.09. The summed E-state index contributed by atoms with van der Waals surface area (Å²) < 4.78 is 0. The number of nitro benzene ring substituents is 1. The molecule has 7 heteroatoms. The normalized spacial score (nSPS) is 10.2. The van der Waals surface area contributed by atoms with Gasteiger partial charge in [-0.05, 0) is 30.3 Å². The third-order valence-corrected chi connectivity index (χ3v) is 2.82. The minimum atomic E-state index is -0.535. The molecular weight excluding hydrogens is 268 g/mol. The van der Waals surface area contributed by atoms with E-state index >= 15 is 0 Å². The SMILES string of the molecule is Nc1ccc(Cl)c(Nc2ccc([N+](=O)[O-])c(N)c2)c1. The van der Waals surface area contributed by atoms with E-state index in [0.29, 0.717) is 22.1 Å². The Morgan fingerprint density at radius 2 is 1.89 bits per heavy atom. The van der Waals surface area contributed by atoms with Gasteiger partial charge in [0.25, 0.3) is 5.69 Å². The summed E-state index contributed by atoms with van der Waals surface area (Å²) in [6, 6.07) is 9.36. The number of nitrogens with zero attached hydrogens (tertiary/aromatic N) is 1. The maximum Gasteiger partial charge on any atom is 0.292 e. The molecule has 0 radical (unpaired) electrons. The van der Waals surface area contributed by atoms with Gasteiger partial charge in [0.15, 0.2) is 0 Å². The molecule has 0 saturated heterocycles. The van der Waals surface area contributed by atoms with Crippen molar-refractivity contribution in [2.24, 2.45) is 0 Å². The molecule has 0 spiro atoms. The van der Waals surface area contributed by atoms with Crippen molar-refractivity contribution in [3.8, 4) is 0 Å². The van der Waals surface area contributed by atoms with Crippen LogP contribution in [0.3, 0.4) is 0 Å². The summed E-state index contributed by atoms with van der Waals surface area (Å²) in [5.74, 6) is 0. The molecule has 2 rings (SSSR count). The Morgan fingerprint density at radius 1 is 1.16 bits per heavy atom. The zero-order chi connectivity index (χ0) is 14.0. The lowest BCUT2D eigenvalue weighted by molar-refractivity contribution is -0.383. The molecule has 0 amide bonds. The molecular formula is C12H11ClN4O2. The highest BCUT2D eigenvalue weighted by Crippen LogP contribution is 2.30. The van der Waals surface area contributed by atoms with E-state index in [4.69, 9.17) is 23.1 Å². The first kappa shape index (κ1) is 13.0. The van der Waals surface area contributed by atoms with Crippen LogP contribution in [0.1, 0.15) is 0 Å². The zero-order valence-electron chi connectivity index (χ0n) is 9.76. The molecule has 0 aliphatic heterocycles. The van der Waals surface area contributed by atoms with Crippen LogP contribution < -0.4 is 16.8 Å². The van der Waals surface area contributed by atoms with Crippen LogP contribution in [-0.4, -0.2) is 4.92 Å². The van der Waals surface area contributed by atoms with E-state index in [2.05, 4.69) is 5.32 Å². The van der Waals surface area contributed by atoms with Crippen LogP contribution in [0.15, 0.2) is 36.4 Å². The molecule has 0 fully saturated rings. The standard InChI is InChI=1S/C12H11ClN4O2/c13-9-3-1-7(14)5-11(9)16-8-2-4-12(17(18)19)10(15)6-8/h1-6,16H,14-15H2. The molecule has 6 nitrogen and oxygen atoms in total. The smallest absolute Gasteiger partial charge is 0.292 e. The first-order valence-corrected chi connectivity index (χ1v) is 5.71. The van der Waals surface area contributed by atoms with Crippen molar-refractivity contribution in [2.45, 2.75) is 0 Å². The van der Waals surface area contributed by atoms with Crippen molar-refractivity contribution in [2.75, 3.05) is 16.8 Å². The van der Waals surface area contributed by atoms with E-state index in [1.54, 1.807) is 24.3 Å². The molecule has 19 heavy (non-hydrogen) atoms. The van der Waals surface area contributed by atoms with Gasteiger partial charge in [0, 0.05) is 17.4 Å².